The van der Waals surface area contributed by atoms with E-state index < -0.39 is 18.6 Å². The second kappa shape index (κ2) is 6.49. The van der Waals surface area contributed by atoms with E-state index in [-0.39, 0.29) is 6.54 Å². The van der Waals surface area contributed by atoms with Crippen LogP contribution in [0.5, 0.6) is 0 Å². The fourth-order valence-electron chi connectivity index (χ4n) is 1.64. The molecule has 1 aromatic carbocycles. The summed E-state index contributed by atoms with van der Waals surface area (Å²) < 4.78 is 35.8. The number of halogens is 3. The Morgan fingerprint density at radius 3 is 2.50 bits per heavy atom. The van der Waals surface area contributed by atoms with Gasteiger partial charge in [-0.25, -0.2) is 0 Å². The van der Waals surface area contributed by atoms with E-state index in [9.17, 15) is 18.0 Å². The molecule has 0 aliphatic heterocycles. The molecule has 0 unspecified atom stereocenters. The summed E-state index contributed by atoms with van der Waals surface area (Å²) in [4.78, 5) is 13.2. The maximum atomic E-state index is 11.9. The summed E-state index contributed by atoms with van der Waals surface area (Å²) >= 11 is 0. The molecule has 0 saturated carbocycles. The van der Waals surface area contributed by atoms with E-state index in [0.717, 1.165) is 11.3 Å². The predicted molar refractivity (Wildman–Crippen MR) is 73.1 cm³/mol. The van der Waals surface area contributed by atoms with Crippen molar-refractivity contribution in [1.82, 2.24) is 5.32 Å². The molecule has 2 N–H and O–H groups in total. The number of benzene rings is 1. The first kappa shape index (κ1) is 16.1. The molecule has 0 aromatic heterocycles. The third kappa shape index (κ3) is 5.38. The van der Waals surface area contributed by atoms with Crippen molar-refractivity contribution in [2.24, 2.45) is 0 Å². The molecule has 0 atom stereocenters. The number of nitrogens with zero attached hydrogens (tertiary/aromatic N) is 1. The minimum Gasteiger partial charge on any atom is -0.377 e. The first-order valence-corrected chi connectivity index (χ1v) is 6.04. The lowest BCUT2D eigenvalue weighted by Crippen LogP contribution is -2.37. The van der Waals surface area contributed by atoms with Gasteiger partial charge in [-0.1, -0.05) is 6.07 Å². The van der Waals surface area contributed by atoms with Gasteiger partial charge in [0.25, 0.3) is 0 Å². The monoisotopic (exact) mass is 289 g/mol. The molecular weight excluding hydrogens is 271 g/mol. The highest BCUT2D eigenvalue weighted by molar-refractivity contribution is 5.81. The van der Waals surface area contributed by atoms with Gasteiger partial charge in [0.1, 0.15) is 6.54 Å². The number of hydrogen-bond acceptors (Lipinski definition) is 3. The van der Waals surface area contributed by atoms with Crippen LogP contribution in [-0.4, -0.2) is 39.3 Å². The Bertz CT molecular complexity index is 472. The number of carbonyl (C=O) groups is 1. The van der Waals surface area contributed by atoms with Crippen molar-refractivity contribution in [2.45, 2.75) is 13.1 Å². The highest BCUT2D eigenvalue weighted by Crippen LogP contribution is 2.22. The number of aryl methyl sites for hydroxylation is 1. The van der Waals surface area contributed by atoms with Crippen LogP contribution in [-0.2, 0) is 4.79 Å². The van der Waals surface area contributed by atoms with Gasteiger partial charge in [-0.2, -0.15) is 13.2 Å². The van der Waals surface area contributed by atoms with Gasteiger partial charge in [0.05, 0.1) is 6.54 Å². The topological polar surface area (TPSA) is 44.4 Å². The third-order valence-corrected chi connectivity index (χ3v) is 2.63. The second-order valence-electron chi connectivity index (χ2n) is 4.64. The summed E-state index contributed by atoms with van der Waals surface area (Å²) in [6, 6.07) is 5.50. The molecule has 7 heteroatoms. The van der Waals surface area contributed by atoms with Crippen LogP contribution in [0.2, 0.25) is 0 Å². The van der Waals surface area contributed by atoms with E-state index in [1.807, 2.05) is 38.1 Å². The van der Waals surface area contributed by atoms with Gasteiger partial charge in [0, 0.05) is 25.5 Å². The van der Waals surface area contributed by atoms with Crippen molar-refractivity contribution in [3.8, 4) is 0 Å². The second-order valence-corrected chi connectivity index (χ2v) is 4.64. The first-order valence-electron chi connectivity index (χ1n) is 6.04. The Morgan fingerprint density at radius 2 is 1.95 bits per heavy atom. The summed E-state index contributed by atoms with van der Waals surface area (Å²) in [5, 5.41) is 4.60. The third-order valence-electron chi connectivity index (χ3n) is 2.63. The smallest absolute Gasteiger partial charge is 0.377 e. The van der Waals surface area contributed by atoms with Crippen molar-refractivity contribution >= 4 is 17.3 Å². The van der Waals surface area contributed by atoms with Gasteiger partial charge < -0.3 is 15.5 Å². The minimum atomic E-state index is -4.39. The fourth-order valence-corrected chi connectivity index (χ4v) is 1.64. The fraction of sp³-hybridized carbons (Fsp3) is 0.462. The average molecular weight is 289 g/mol. The molecule has 112 valence electrons. The van der Waals surface area contributed by atoms with E-state index >= 15 is 0 Å². The van der Waals surface area contributed by atoms with Crippen molar-refractivity contribution in [3.63, 3.8) is 0 Å². The van der Waals surface area contributed by atoms with E-state index in [1.165, 1.54) is 0 Å². The zero-order valence-corrected chi connectivity index (χ0v) is 11.6. The standard InChI is InChI=1S/C13H18F3N3O/c1-9-4-5-10(6-11(9)19(2)3)17-7-12(20)18-8-13(14,15)16/h4-6,17H,7-8H2,1-3H3,(H,18,20). The van der Waals surface area contributed by atoms with E-state index in [4.69, 9.17) is 0 Å². The number of hydrogen-bond donors (Lipinski definition) is 2. The maximum absolute atomic E-state index is 11.9. The van der Waals surface area contributed by atoms with Crippen LogP contribution in [0, 0.1) is 6.92 Å². The highest BCUT2D eigenvalue weighted by Gasteiger charge is 2.27. The molecule has 0 radical (unpaired) electrons. The minimum absolute atomic E-state index is 0.202. The summed E-state index contributed by atoms with van der Waals surface area (Å²) in [6.07, 6.45) is -4.39. The van der Waals surface area contributed by atoms with Gasteiger partial charge in [0.2, 0.25) is 5.91 Å². The first-order chi connectivity index (χ1) is 9.19. The molecule has 1 rings (SSSR count). The molecule has 20 heavy (non-hydrogen) atoms. The van der Waals surface area contributed by atoms with Crippen molar-refractivity contribution < 1.29 is 18.0 Å². The molecule has 0 bridgehead atoms. The Hall–Kier alpha value is -1.92. The number of nitrogens with one attached hydrogen (secondary N) is 2. The molecule has 0 saturated heterocycles. The Labute approximate surface area is 116 Å². The van der Waals surface area contributed by atoms with Crippen LogP contribution in [0.15, 0.2) is 18.2 Å². The Morgan fingerprint density at radius 1 is 1.30 bits per heavy atom. The zero-order chi connectivity index (χ0) is 15.3. The number of rotatable bonds is 5. The van der Waals surface area contributed by atoms with Gasteiger partial charge in [-0.05, 0) is 24.6 Å². The number of carbonyl (C=O) groups excluding carboxylic acids is 1. The zero-order valence-electron chi connectivity index (χ0n) is 11.6. The molecule has 4 nitrogen and oxygen atoms in total. The molecule has 0 spiro atoms. The molecule has 0 aliphatic rings. The quantitative estimate of drug-likeness (QED) is 0.873. The average Bonchev–Trinajstić information content (AvgIpc) is 2.34. The predicted octanol–water partition coefficient (Wildman–Crippen LogP) is 2.15. The normalized spacial score (nSPS) is 11.1. The van der Waals surface area contributed by atoms with E-state index in [1.54, 1.807) is 11.4 Å². The van der Waals surface area contributed by atoms with Gasteiger partial charge in [-0.3, -0.25) is 4.79 Å². The molecule has 0 fully saturated rings. The summed E-state index contributed by atoms with van der Waals surface area (Å²) in [5.41, 5.74) is 2.73. The van der Waals surface area contributed by atoms with Crippen LogP contribution in [0.1, 0.15) is 5.56 Å². The molecular formula is C13H18F3N3O. The molecule has 1 aromatic rings. The molecule has 0 aliphatic carbocycles. The molecule has 0 heterocycles. The Balaban J connectivity index is 2.54. The molecule has 1 amide bonds. The van der Waals surface area contributed by atoms with Gasteiger partial charge in [-0.15, -0.1) is 0 Å². The summed E-state index contributed by atoms with van der Waals surface area (Å²) in [7, 11) is 3.78. The largest absolute Gasteiger partial charge is 0.405 e. The maximum Gasteiger partial charge on any atom is 0.405 e. The van der Waals surface area contributed by atoms with Crippen LogP contribution >= 0.6 is 0 Å². The van der Waals surface area contributed by atoms with E-state index in [0.29, 0.717) is 5.69 Å². The van der Waals surface area contributed by atoms with Crippen LogP contribution in [0.4, 0.5) is 24.5 Å². The summed E-state index contributed by atoms with van der Waals surface area (Å²) in [5.74, 6) is -0.700. The SMILES string of the molecule is Cc1ccc(NCC(=O)NCC(F)(F)F)cc1N(C)C. The van der Waals surface area contributed by atoms with Gasteiger partial charge >= 0.3 is 6.18 Å². The lowest BCUT2D eigenvalue weighted by Gasteiger charge is -2.17. The summed E-state index contributed by atoms with van der Waals surface area (Å²) in [6.45, 7) is 0.436. The number of anilines is 2. The van der Waals surface area contributed by atoms with Crippen molar-refractivity contribution in [2.75, 3.05) is 37.4 Å². The van der Waals surface area contributed by atoms with Crippen LogP contribution in [0.25, 0.3) is 0 Å². The van der Waals surface area contributed by atoms with Crippen LogP contribution in [0.3, 0.4) is 0 Å². The van der Waals surface area contributed by atoms with E-state index in [2.05, 4.69) is 5.32 Å². The Kier molecular flexibility index (Phi) is 5.24. The van der Waals surface area contributed by atoms with Crippen LogP contribution < -0.4 is 15.5 Å². The lowest BCUT2D eigenvalue weighted by molar-refractivity contribution is -0.137. The highest BCUT2D eigenvalue weighted by atomic mass is 19.4. The van der Waals surface area contributed by atoms with Gasteiger partial charge in [0.15, 0.2) is 0 Å². The van der Waals surface area contributed by atoms with Crippen molar-refractivity contribution in [1.29, 1.82) is 0 Å². The number of amides is 1. The van der Waals surface area contributed by atoms with Crippen molar-refractivity contribution in [3.05, 3.63) is 23.8 Å². The number of alkyl halides is 3. The lowest BCUT2D eigenvalue weighted by atomic mass is 10.1.